The Morgan fingerprint density at radius 2 is 2.08 bits per heavy atom. The molecule has 0 saturated carbocycles. The van der Waals surface area contributed by atoms with E-state index in [1.165, 1.54) is 13.3 Å². The van der Waals surface area contributed by atoms with Gasteiger partial charge in [0.05, 0.1) is 18.4 Å². The number of allylic oxidation sites excluding steroid dienone is 2. The van der Waals surface area contributed by atoms with Crippen molar-refractivity contribution in [2.24, 2.45) is 10.7 Å². The van der Waals surface area contributed by atoms with Gasteiger partial charge in [-0.15, -0.1) is 0 Å². The SMILES string of the molecule is COC(=O)C1=C(C)N=C(Cl)/C(=C\NNC(N)=S)C1c1ccccc1Cl. The van der Waals surface area contributed by atoms with Crippen molar-refractivity contribution in [3.05, 3.63) is 57.9 Å². The number of carbonyl (C=O) groups excluding carboxylic acids is 1. The molecule has 0 radical (unpaired) electrons. The molecular formula is C16H16Cl2N4O2S. The smallest absolute Gasteiger partial charge is 0.336 e. The van der Waals surface area contributed by atoms with Crippen molar-refractivity contribution >= 4 is 51.7 Å². The number of nitrogens with one attached hydrogen (secondary N) is 2. The van der Waals surface area contributed by atoms with Gasteiger partial charge in [-0.05, 0) is 30.8 Å². The Hall–Kier alpha value is -2.09. The lowest BCUT2D eigenvalue weighted by molar-refractivity contribution is -0.136. The van der Waals surface area contributed by atoms with E-state index in [4.69, 9.17) is 45.9 Å². The number of ether oxygens (including phenoxy) is 1. The van der Waals surface area contributed by atoms with Crippen LogP contribution < -0.4 is 16.6 Å². The molecular weight excluding hydrogens is 383 g/mol. The van der Waals surface area contributed by atoms with Gasteiger partial charge in [0.25, 0.3) is 0 Å². The standard InChI is InChI=1S/C16H16Cl2N4O2S/c1-8-12(15(23)24-2)13(9-5-3-4-6-11(9)17)10(14(18)21-8)7-20-22-16(19)25/h3-7,13,20H,1-2H3,(H3,19,22,25)/b10-7-. The number of hydrogen-bond acceptors (Lipinski definition) is 5. The summed E-state index contributed by atoms with van der Waals surface area (Å²) in [6.07, 6.45) is 1.54. The lowest BCUT2D eigenvalue weighted by atomic mass is 9.82. The van der Waals surface area contributed by atoms with Crippen molar-refractivity contribution in [2.45, 2.75) is 12.8 Å². The van der Waals surface area contributed by atoms with Gasteiger partial charge in [-0.2, -0.15) is 0 Å². The average Bonchev–Trinajstić information content (AvgIpc) is 2.56. The maximum Gasteiger partial charge on any atom is 0.336 e. The molecule has 0 amide bonds. The summed E-state index contributed by atoms with van der Waals surface area (Å²) in [5.41, 5.74) is 12.7. The summed E-state index contributed by atoms with van der Waals surface area (Å²) in [7, 11) is 1.31. The molecule has 1 atom stereocenters. The van der Waals surface area contributed by atoms with Crippen LogP contribution in [0.15, 0.2) is 52.3 Å². The summed E-state index contributed by atoms with van der Waals surface area (Å²) < 4.78 is 4.92. The predicted molar refractivity (Wildman–Crippen MR) is 103 cm³/mol. The molecule has 0 fully saturated rings. The van der Waals surface area contributed by atoms with E-state index in [0.29, 0.717) is 27.4 Å². The number of methoxy groups -OCH3 is 1. The summed E-state index contributed by atoms with van der Waals surface area (Å²) >= 11 is 17.4. The van der Waals surface area contributed by atoms with E-state index in [-0.39, 0.29) is 10.3 Å². The summed E-state index contributed by atoms with van der Waals surface area (Å²) in [5.74, 6) is -1.07. The van der Waals surface area contributed by atoms with Gasteiger partial charge in [-0.25, -0.2) is 9.79 Å². The molecule has 1 aliphatic rings. The zero-order valence-electron chi connectivity index (χ0n) is 13.5. The van der Waals surface area contributed by atoms with Crippen LogP contribution in [0.5, 0.6) is 0 Å². The maximum absolute atomic E-state index is 12.4. The van der Waals surface area contributed by atoms with Gasteiger partial charge in [0, 0.05) is 22.7 Å². The second-order valence-electron chi connectivity index (χ2n) is 5.08. The largest absolute Gasteiger partial charge is 0.466 e. The Morgan fingerprint density at radius 1 is 1.40 bits per heavy atom. The Bertz CT molecular complexity index is 805. The summed E-state index contributed by atoms with van der Waals surface area (Å²) in [4.78, 5) is 16.6. The van der Waals surface area contributed by atoms with E-state index < -0.39 is 11.9 Å². The van der Waals surface area contributed by atoms with Gasteiger partial charge in [0.15, 0.2) is 5.11 Å². The molecule has 1 unspecified atom stereocenters. The molecule has 0 aromatic heterocycles. The number of esters is 1. The molecule has 0 saturated heterocycles. The Balaban J connectivity index is 2.61. The average molecular weight is 399 g/mol. The normalized spacial score (nSPS) is 18.6. The number of halogens is 2. The zero-order chi connectivity index (χ0) is 18.6. The van der Waals surface area contributed by atoms with Crippen LogP contribution in [-0.4, -0.2) is 23.4 Å². The van der Waals surface area contributed by atoms with Gasteiger partial charge in [0.2, 0.25) is 0 Å². The molecule has 4 N–H and O–H groups in total. The van der Waals surface area contributed by atoms with Crippen LogP contribution in [0.4, 0.5) is 0 Å². The second kappa shape index (κ2) is 8.33. The van der Waals surface area contributed by atoms with Crippen LogP contribution in [0.3, 0.4) is 0 Å². The summed E-state index contributed by atoms with van der Waals surface area (Å²) in [6.45, 7) is 1.69. The number of benzene rings is 1. The predicted octanol–water partition coefficient (Wildman–Crippen LogP) is 2.74. The van der Waals surface area contributed by atoms with E-state index in [9.17, 15) is 4.79 Å². The van der Waals surface area contributed by atoms with E-state index in [1.807, 2.05) is 12.1 Å². The van der Waals surface area contributed by atoms with Gasteiger partial charge in [-0.3, -0.25) is 5.43 Å². The zero-order valence-corrected chi connectivity index (χ0v) is 15.8. The highest BCUT2D eigenvalue weighted by Gasteiger charge is 2.35. The van der Waals surface area contributed by atoms with Gasteiger partial charge in [-0.1, -0.05) is 41.4 Å². The van der Waals surface area contributed by atoms with Crippen molar-refractivity contribution in [3.8, 4) is 0 Å². The molecule has 6 nitrogen and oxygen atoms in total. The van der Waals surface area contributed by atoms with E-state index in [0.717, 1.165) is 0 Å². The Kier molecular flexibility index (Phi) is 6.41. The molecule has 25 heavy (non-hydrogen) atoms. The molecule has 1 aliphatic heterocycles. The van der Waals surface area contributed by atoms with Crippen LogP contribution in [0, 0.1) is 0 Å². The van der Waals surface area contributed by atoms with Gasteiger partial charge in [0.1, 0.15) is 5.17 Å². The third-order valence-electron chi connectivity index (χ3n) is 3.54. The molecule has 0 spiro atoms. The first-order chi connectivity index (χ1) is 11.9. The minimum Gasteiger partial charge on any atom is -0.466 e. The monoisotopic (exact) mass is 398 g/mol. The number of hydrazine groups is 1. The van der Waals surface area contributed by atoms with E-state index >= 15 is 0 Å². The summed E-state index contributed by atoms with van der Waals surface area (Å²) in [5, 5.41) is 0.753. The van der Waals surface area contributed by atoms with Crippen LogP contribution in [-0.2, 0) is 9.53 Å². The highest BCUT2D eigenvalue weighted by Crippen LogP contribution is 2.41. The fourth-order valence-corrected chi connectivity index (χ4v) is 3.09. The fraction of sp³-hybridized carbons (Fsp3) is 0.188. The number of rotatable bonds is 4. The second-order valence-corrected chi connectivity index (χ2v) is 6.29. The topological polar surface area (TPSA) is 88.7 Å². The highest BCUT2D eigenvalue weighted by molar-refractivity contribution is 7.80. The maximum atomic E-state index is 12.4. The lowest BCUT2D eigenvalue weighted by Gasteiger charge is -2.27. The van der Waals surface area contributed by atoms with Crippen molar-refractivity contribution in [1.29, 1.82) is 0 Å². The molecule has 1 aromatic carbocycles. The number of hydrogen-bond donors (Lipinski definition) is 3. The Morgan fingerprint density at radius 3 is 2.68 bits per heavy atom. The highest BCUT2D eigenvalue weighted by atomic mass is 35.5. The van der Waals surface area contributed by atoms with Crippen molar-refractivity contribution in [1.82, 2.24) is 10.9 Å². The molecule has 132 valence electrons. The van der Waals surface area contributed by atoms with Crippen molar-refractivity contribution in [2.75, 3.05) is 7.11 Å². The third-order valence-corrected chi connectivity index (χ3v) is 4.29. The minimum atomic E-state index is -0.563. The molecule has 9 heteroatoms. The first kappa shape index (κ1) is 19.2. The van der Waals surface area contributed by atoms with Gasteiger partial charge < -0.3 is 15.9 Å². The quantitative estimate of drug-likeness (QED) is 0.410. The first-order valence-electron chi connectivity index (χ1n) is 7.16. The van der Waals surface area contributed by atoms with E-state index in [2.05, 4.69) is 15.8 Å². The molecule has 0 bridgehead atoms. The minimum absolute atomic E-state index is 0.0509. The van der Waals surface area contributed by atoms with Crippen molar-refractivity contribution < 1.29 is 9.53 Å². The van der Waals surface area contributed by atoms with Crippen LogP contribution >= 0.6 is 35.4 Å². The third kappa shape index (κ3) is 4.31. The first-order valence-corrected chi connectivity index (χ1v) is 8.32. The number of carbonyl (C=O) groups is 1. The molecule has 1 aromatic rings. The van der Waals surface area contributed by atoms with Crippen LogP contribution in [0.25, 0.3) is 0 Å². The van der Waals surface area contributed by atoms with Crippen LogP contribution in [0.1, 0.15) is 18.4 Å². The lowest BCUT2D eigenvalue weighted by Crippen LogP contribution is -2.38. The molecule has 1 heterocycles. The number of nitrogens with two attached hydrogens (primary N) is 1. The number of thiocarbonyl (C=S) groups is 1. The van der Waals surface area contributed by atoms with Crippen LogP contribution in [0.2, 0.25) is 5.02 Å². The summed E-state index contributed by atoms with van der Waals surface area (Å²) in [6, 6.07) is 7.17. The Labute approximate surface area is 160 Å². The fourth-order valence-electron chi connectivity index (χ4n) is 2.49. The number of nitrogens with zero attached hydrogens (tertiary/aromatic N) is 1. The van der Waals surface area contributed by atoms with E-state index in [1.54, 1.807) is 19.1 Å². The van der Waals surface area contributed by atoms with Crippen molar-refractivity contribution in [3.63, 3.8) is 0 Å². The molecule has 0 aliphatic carbocycles. The van der Waals surface area contributed by atoms with Gasteiger partial charge >= 0.3 is 5.97 Å². The molecule has 2 rings (SSSR count). The number of aliphatic imine (C=N–C) groups is 1.